The highest BCUT2D eigenvalue weighted by atomic mass is 32.1. The van der Waals surface area contributed by atoms with Gasteiger partial charge in [0.2, 0.25) is 0 Å². The van der Waals surface area contributed by atoms with Gasteiger partial charge in [-0.1, -0.05) is 0 Å². The number of methoxy groups -OCH3 is 1. The predicted molar refractivity (Wildman–Crippen MR) is 82.9 cm³/mol. The Morgan fingerprint density at radius 3 is 2.50 bits per heavy atom. The van der Waals surface area contributed by atoms with Crippen molar-refractivity contribution in [2.75, 3.05) is 14.2 Å². The molecule has 114 valence electrons. The van der Waals surface area contributed by atoms with Crippen LogP contribution in [-0.4, -0.2) is 42.4 Å². The molecule has 3 aliphatic rings. The molecule has 2 bridgehead atoms. The van der Waals surface area contributed by atoms with Crippen LogP contribution in [0.3, 0.4) is 0 Å². The quantitative estimate of drug-likeness (QED) is 0.628. The van der Waals surface area contributed by atoms with Crippen molar-refractivity contribution in [1.82, 2.24) is 4.90 Å². The van der Waals surface area contributed by atoms with E-state index in [1.165, 1.54) is 44.9 Å². The molecule has 2 saturated heterocycles. The van der Waals surface area contributed by atoms with E-state index in [1.807, 2.05) is 0 Å². The number of hydrogen-bond acceptors (Lipinski definition) is 4. The number of fused-ring (bicyclic) bond motifs is 2. The second kappa shape index (κ2) is 5.88. The molecular weight excluding hydrogens is 270 g/mol. The van der Waals surface area contributed by atoms with E-state index >= 15 is 0 Å². The average Bonchev–Trinajstić information content (AvgIpc) is 2.70. The first-order valence-electron chi connectivity index (χ1n) is 8.09. The summed E-state index contributed by atoms with van der Waals surface area (Å²) in [4.78, 5) is 14.8. The molecule has 3 rings (SSSR count). The van der Waals surface area contributed by atoms with Crippen LogP contribution >= 0.6 is 12.6 Å². The van der Waals surface area contributed by atoms with Gasteiger partial charge in [0.25, 0.3) is 0 Å². The minimum Gasteiger partial charge on any atom is -0.469 e. The molecule has 0 N–H and O–H groups in total. The van der Waals surface area contributed by atoms with Crippen LogP contribution in [0.1, 0.15) is 44.9 Å². The van der Waals surface area contributed by atoms with Crippen LogP contribution in [0.4, 0.5) is 0 Å². The Kier molecular flexibility index (Phi) is 4.32. The van der Waals surface area contributed by atoms with Gasteiger partial charge in [-0.2, -0.15) is 12.6 Å². The first-order chi connectivity index (χ1) is 9.61. The number of hydrogen-bond donors (Lipinski definition) is 1. The van der Waals surface area contributed by atoms with Crippen molar-refractivity contribution in [3.05, 3.63) is 0 Å². The number of ether oxygens (including phenoxy) is 1. The van der Waals surface area contributed by atoms with E-state index in [0.717, 1.165) is 0 Å². The normalized spacial score (nSPS) is 45.4. The summed E-state index contributed by atoms with van der Waals surface area (Å²) in [6, 6.07) is 1.11. The van der Waals surface area contributed by atoms with Gasteiger partial charge in [0.15, 0.2) is 0 Å². The minimum atomic E-state index is 0.0280. The monoisotopic (exact) mass is 297 g/mol. The Hall–Kier alpha value is -0.220. The molecule has 4 atom stereocenters. The number of carbonyl (C=O) groups is 1. The Morgan fingerprint density at radius 1 is 1.15 bits per heavy atom. The van der Waals surface area contributed by atoms with Gasteiger partial charge < -0.3 is 4.74 Å². The summed E-state index contributed by atoms with van der Waals surface area (Å²) in [6.45, 7) is 0. The van der Waals surface area contributed by atoms with E-state index in [-0.39, 0.29) is 11.9 Å². The Bertz CT molecular complexity index is 367. The summed E-state index contributed by atoms with van der Waals surface area (Å²) in [5.74, 6) is 1.38. The van der Waals surface area contributed by atoms with Gasteiger partial charge in [0.05, 0.1) is 13.0 Å². The standard InChI is InChI=1S/C16H27NO2S/c1-17-11-5-8-14(17)15(16(18)19-2)13(9-11)10-3-6-12(20)7-4-10/h10-15,20H,3-9H2,1-2H3. The third kappa shape index (κ3) is 2.50. The topological polar surface area (TPSA) is 29.5 Å². The number of esters is 1. The van der Waals surface area contributed by atoms with Gasteiger partial charge in [-0.15, -0.1) is 0 Å². The van der Waals surface area contributed by atoms with Gasteiger partial charge in [-0.3, -0.25) is 9.69 Å². The zero-order chi connectivity index (χ0) is 14.3. The zero-order valence-electron chi connectivity index (χ0n) is 12.6. The summed E-state index contributed by atoms with van der Waals surface area (Å²) in [6.07, 6.45) is 8.53. The highest BCUT2D eigenvalue weighted by Gasteiger charge is 2.51. The van der Waals surface area contributed by atoms with E-state index in [4.69, 9.17) is 4.74 Å². The molecule has 2 aliphatic heterocycles. The molecule has 0 amide bonds. The average molecular weight is 297 g/mol. The molecule has 0 spiro atoms. The van der Waals surface area contributed by atoms with Crippen LogP contribution < -0.4 is 0 Å². The summed E-state index contributed by atoms with van der Waals surface area (Å²) in [5.41, 5.74) is 0. The van der Waals surface area contributed by atoms with E-state index in [0.29, 0.717) is 29.2 Å². The molecule has 4 unspecified atom stereocenters. The lowest BCUT2D eigenvalue weighted by molar-refractivity contribution is -0.154. The smallest absolute Gasteiger partial charge is 0.310 e. The van der Waals surface area contributed by atoms with Crippen molar-refractivity contribution in [3.8, 4) is 0 Å². The van der Waals surface area contributed by atoms with Crippen molar-refractivity contribution in [3.63, 3.8) is 0 Å². The van der Waals surface area contributed by atoms with Crippen molar-refractivity contribution in [2.45, 2.75) is 62.3 Å². The van der Waals surface area contributed by atoms with Gasteiger partial charge in [0, 0.05) is 17.3 Å². The first-order valence-corrected chi connectivity index (χ1v) is 8.61. The third-order valence-electron chi connectivity index (χ3n) is 6.14. The third-order valence-corrected chi connectivity index (χ3v) is 6.65. The van der Waals surface area contributed by atoms with Gasteiger partial charge in [0.1, 0.15) is 0 Å². The number of nitrogens with zero attached hydrogens (tertiary/aromatic N) is 1. The molecule has 1 aliphatic carbocycles. The molecule has 4 heteroatoms. The molecule has 3 fully saturated rings. The van der Waals surface area contributed by atoms with Gasteiger partial charge in [-0.25, -0.2) is 0 Å². The Balaban J connectivity index is 1.79. The SMILES string of the molecule is COC(=O)C1C(C2CCC(S)CC2)CC2CCC1N2C. The Morgan fingerprint density at radius 2 is 1.85 bits per heavy atom. The van der Waals surface area contributed by atoms with E-state index < -0.39 is 0 Å². The summed E-state index contributed by atoms with van der Waals surface area (Å²) >= 11 is 4.61. The van der Waals surface area contributed by atoms with Crippen molar-refractivity contribution >= 4 is 18.6 Å². The van der Waals surface area contributed by atoms with E-state index in [1.54, 1.807) is 7.11 Å². The lowest BCUT2D eigenvalue weighted by atomic mass is 9.68. The highest BCUT2D eigenvalue weighted by molar-refractivity contribution is 7.80. The zero-order valence-corrected chi connectivity index (χ0v) is 13.5. The van der Waals surface area contributed by atoms with Gasteiger partial charge >= 0.3 is 5.97 Å². The van der Waals surface area contributed by atoms with Crippen molar-refractivity contribution in [2.24, 2.45) is 17.8 Å². The van der Waals surface area contributed by atoms with Crippen LogP contribution in [0.15, 0.2) is 0 Å². The predicted octanol–water partition coefficient (Wildman–Crippen LogP) is 2.75. The van der Waals surface area contributed by atoms with E-state index in [9.17, 15) is 4.79 Å². The molecule has 0 radical (unpaired) electrons. The minimum absolute atomic E-state index is 0.0280. The molecule has 3 nitrogen and oxygen atoms in total. The molecule has 0 aromatic rings. The molecular formula is C16H27NO2S. The number of rotatable bonds is 2. The molecule has 0 aromatic carbocycles. The van der Waals surface area contributed by atoms with Gasteiger partial charge in [-0.05, 0) is 63.8 Å². The maximum absolute atomic E-state index is 12.4. The van der Waals surface area contributed by atoms with Crippen LogP contribution in [0.25, 0.3) is 0 Å². The largest absolute Gasteiger partial charge is 0.469 e. The second-order valence-electron chi connectivity index (χ2n) is 6.98. The lowest BCUT2D eigenvalue weighted by Gasteiger charge is -2.45. The summed E-state index contributed by atoms with van der Waals surface area (Å²) in [5, 5.41) is 0.575. The fraction of sp³-hybridized carbons (Fsp3) is 0.938. The lowest BCUT2D eigenvalue weighted by Crippen LogP contribution is -2.52. The van der Waals surface area contributed by atoms with Crippen LogP contribution in [0, 0.1) is 17.8 Å². The fourth-order valence-electron chi connectivity index (χ4n) is 4.99. The summed E-state index contributed by atoms with van der Waals surface area (Å²) in [7, 11) is 3.74. The van der Waals surface area contributed by atoms with Crippen molar-refractivity contribution < 1.29 is 9.53 Å². The number of thiol groups is 1. The second-order valence-corrected chi connectivity index (χ2v) is 7.71. The van der Waals surface area contributed by atoms with Crippen LogP contribution in [-0.2, 0) is 9.53 Å². The molecule has 20 heavy (non-hydrogen) atoms. The maximum Gasteiger partial charge on any atom is 0.310 e. The first kappa shape index (κ1) is 14.7. The molecule has 2 heterocycles. The van der Waals surface area contributed by atoms with Crippen molar-refractivity contribution in [1.29, 1.82) is 0 Å². The highest BCUT2D eigenvalue weighted by Crippen LogP contribution is 2.48. The van der Waals surface area contributed by atoms with Crippen LogP contribution in [0.2, 0.25) is 0 Å². The fourth-order valence-corrected chi connectivity index (χ4v) is 5.29. The number of piperidine rings is 1. The van der Waals surface area contributed by atoms with E-state index in [2.05, 4.69) is 24.6 Å². The maximum atomic E-state index is 12.4. The number of carbonyl (C=O) groups excluding carboxylic acids is 1. The Labute approximate surface area is 127 Å². The molecule has 1 saturated carbocycles. The summed E-state index contributed by atoms with van der Waals surface area (Å²) < 4.78 is 5.15. The molecule has 0 aromatic heterocycles. The van der Waals surface area contributed by atoms with Crippen LogP contribution in [0.5, 0.6) is 0 Å².